The Kier molecular flexibility index (Phi) is 3.65. The number of carbonyl (C=O) groups is 2. The Morgan fingerprint density at radius 1 is 1.36 bits per heavy atom. The number of aromatic nitrogens is 1. The molecule has 2 aliphatic rings. The fourth-order valence-electron chi connectivity index (χ4n) is 3.73. The lowest BCUT2D eigenvalue weighted by molar-refractivity contribution is -0.131. The van der Waals surface area contributed by atoms with Crippen molar-refractivity contribution in [3.05, 3.63) is 41.6 Å². The first-order valence-corrected chi connectivity index (χ1v) is 8.43. The lowest BCUT2D eigenvalue weighted by Gasteiger charge is -2.22. The Morgan fingerprint density at radius 3 is 3.00 bits per heavy atom. The molecule has 1 aliphatic carbocycles. The van der Waals surface area contributed by atoms with Crippen molar-refractivity contribution in [2.24, 2.45) is 5.92 Å². The molecule has 25 heavy (non-hydrogen) atoms. The van der Waals surface area contributed by atoms with Gasteiger partial charge in [-0.3, -0.25) is 14.6 Å². The number of hydrogen-bond acceptors (Lipinski definition) is 4. The van der Waals surface area contributed by atoms with Gasteiger partial charge in [0.2, 0.25) is 5.91 Å². The molecule has 6 nitrogen and oxygen atoms in total. The highest BCUT2D eigenvalue weighted by Gasteiger charge is 2.53. The number of nitrogens with zero attached hydrogens (tertiary/aromatic N) is 3. The summed E-state index contributed by atoms with van der Waals surface area (Å²) < 4.78 is 0. The maximum Gasteiger partial charge on any atom is 0.252 e. The number of amides is 2. The van der Waals surface area contributed by atoms with Crippen molar-refractivity contribution in [2.75, 3.05) is 6.54 Å². The van der Waals surface area contributed by atoms with Gasteiger partial charge in [-0.1, -0.05) is 11.6 Å². The summed E-state index contributed by atoms with van der Waals surface area (Å²) in [5.41, 5.74) is 2.29. The van der Waals surface area contributed by atoms with Gasteiger partial charge in [-0.2, -0.15) is 5.26 Å². The molecule has 0 unspecified atom stereocenters. The minimum Gasteiger partial charge on any atom is -0.343 e. The first-order valence-electron chi connectivity index (χ1n) is 8.43. The number of benzene rings is 1. The van der Waals surface area contributed by atoms with Gasteiger partial charge in [0, 0.05) is 17.6 Å². The van der Waals surface area contributed by atoms with Crippen molar-refractivity contribution in [3.63, 3.8) is 0 Å². The molecular weight excluding hydrogens is 316 g/mol. The van der Waals surface area contributed by atoms with Crippen molar-refractivity contribution >= 4 is 22.7 Å². The van der Waals surface area contributed by atoms with Crippen LogP contribution in [0.15, 0.2) is 30.5 Å². The van der Waals surface area contributed by atoms with Crippen molar-refractivity contribution < 1.29 is 9.59 Å². The van der Waals surface area contributed by atoms with E-state index >= 15 is 0 Å². The maximum absolute atomic E-state index is 12.6. The van der Waals surface area contributed by atoms with Crippen LogP contribution in [-0.4, -0.2) is 40.3 Å². The lowest BCUT2D eigenvalue weighted by atomic mass is 10.1. The second-order valence-corrected chi connectivity index (χ2v) is 6.81. The van der Waals surface area contributed by atoms with Crippen LogP contribution < -0.4 is 5.32 Å². The molecule has 6 heteroatoms. The molecule has 0 radical (unpaired) electrons. The number of fused-ring (bicyclic) bond motifs is 2. The molecule has 3 atom stereocenters. The van der Waals surface area contributed by atoms with Crippen LogP contribution in [0.3, 0.4) is 0 Å². The average Bonchev–Trinajstić information content (AvgIpc) is 3.28. The number of piperidine rings is 1. The summed E-state index contributed by atoms with van der Waals surface area (Å²) in [5, 5.41) is 12.7. The van der Waals surface area contributed by atoms with Crippen molar-refractivity contribution in [1.82, 2.24) is 15.2 Å². The third-order valence-corrected chi connectivity index (χ3v) is 5.08. The minimum atomic E-state index is -0.349. The fourth-order valence-corrected chi connectivity index (χ4v) is 3.73. The molecular formula is C19H18N4O2. The van der Waals surface area contributed by atoms with Crippen LogP contribution >= 0.6 is 0 Å². The van der Waals surface area contributed by atoms with Crippen molar-refractivity contribution in [1.29, 1.82) is 5.26 Å². The number of hydrogen-bond donors (Lipinski definition) is 1. The van der Waals surface area contributed by atoms with Gasteiger partial charge < -0.3 is 10.2 Å². The molecule has 4 rings (SSSR count). The molecule has 1 aromatic carbocycles. The molecule has 1 aliphatic heterocycles. The standard InChI is InChI=1S/C19H18N4O2/c1-11-2-3-16-15(6-11)14(4-5-21-16)19(25)22-10-18(24)23-13(9-20)7-12-8-17(12)23/h2-6,12-13,17H,7-8,10H2,1H3,(H,22,25)/t12-,13+,17+/m1/s1. The van der Waals surface area contributed by atoms with E-state index in [-0.39, 0.29) is 30.4 Å². The number of pyridine rings is 1. The summed E-state index contributed by atoms with van der Waals surface area (Å²) in [6, 6.07) is 9.43. The number of rotatable bonds is 3. The fraction of sp³-hybridized carbons (Fsp3) is 0.368. The molecule has 1 aromatic heterocycles. The summed E-state index contributed by atoms with van der Waals surface area (Å²) in [6.07, 6.45) is 3.33. The molecule has 0 spiro atoms. The van der Waals surface area contributed by atoms with E-state index in [2.05, 4.69) is 16.4 Å². The summed E-state index contributed by atoms with van der Waals surface area (Å²) in [7, 11) is 0. The van der Waals surface area contributed by atoms with E-state index in [1.807, 2.05) is 25.1 Å². The highest BCUT2D eigenvalue weighted by molar-refractivity contribution is 6.07. The zero-order valence-corrected chi connectivity index (χ0v) is 13.9. The lowest BCUT2D eigenvalue weighted by Crippen LogP contribution is -2.44. The third-order valence-electron chi connectivity index (χ3n) is 5.08. The van der Waals surface area contributed by atoms with Crippen LogP contribution in [0.5, 0.6) is 0 Å². The summed E-state index contributed by atoms with van der Waals surface area (Å²) in [5.74, 6) is -0.0118. The highest BCUT2D eigenvalue weighted by Crippen LogP contribution is 2.47. The number of carbonyl (C=O) groups excluding carboxylic acids is 2. The van der Waals surface area contributed by atoms with Gasteiger partial charge >= 0.3 is 0 Å². The Balaban J connectivity index is 1.49. The van der Waals surface area contributed by atoms with E-state index in [1.165, 1.54) is 0 Å². The average molecular weight is 334 g/mol. The minimum absolute atomic E-state index is 0.0874. The second-order valence-electron chi connectivity index (χ2n) is 6.81. The largest absolute Gasteiger partial charge is 0.343 e. The molecule has 1 saturated heterocycles. The molecule has 2 aromatic rings. The Labute approximate surface area is 145 Å². The van der Waals surface area contributed by atoms with Gasteiger partial charge in [-0.05, 0) is 43.9 Å². The van der Waals surface area contributed by atoms with E-state index in [1.54, 1.807) is 17.2 Å². The van der Waals surface area contributed by atoms with Gasteiger partial charge in [0.05, 0.1) is 23.7 Å². The molecule has 1 saturated carbocycles. The quantitative estimate of drug-likeness (QED) is 0.927. The van der Waals surface area contributed by atoms with Gasteiger partial charge in [0.25, 0.3) is 5.91 Å². The third kappa shape index (κ3) is 2.72. The summed E-state index contributed by atoms with van der Waals surface area (Å²) >= 11 is 0. The van der Waals surface area contributed by atoms with Crippen LogP contribution in [0.1, 0.15) is 28.8 Å². The summed E-state index contributed by atoms with van der Waals surface area (Å²) in [4.78, 5) is 30.9. The Bertz CT molecular complexity index is 917. The number of likely N-dealkylation sites (tertiary alicyclic amines) is 1. The van der Waals surface area contributed by atoms with Crippen LogP contribution in [0.25, 0.3) is 10.9 Å². The Morgan fingerprint density at radius 2 is 2.20 bits per heavy atom. The van der Waals surface area contributed by atoms with E-state index in [9.17, 15) is 14.9 Å². The van der Waals surface area contributed by atoms with Crippen molar-refractivity contribution in [2.45, 2.75) is 31.8 Å². The zero-order chi connectivity index (χ0) is 17.6. The molecule has 2 fully saturated rings. The van der Waals surface area contributed by atoms with Gasteiger partial charge in [-0.15, -0.1) is 0 Å². The molecule has 0 bridgehead atoms. The van der Waals surface area contributed by atoms with Crippen LogP contribution in [0.2, 0.25) is 0 Å². The van der Waals surface area contributed by atoms with E-state index in [0.717, 1.165) is 29.3 Å². The predicted octanol–water partition coefficient (Wildman–Crippen LogP) is 1.79. The molecule has 2 heterocycles. The monoisotopic (exact) mass is 334 g/mol. The van der Waals surface area contributed by atoms with Crippen LogP contribution in [0, 0.1) is 24.2 Å². The van der Waals surface area contributed by atoms with Gasteiger partial charge in [-0.25, -0.2) is 0 Å². The van der Waals surface area contributed by atoms with Crippen LogP contribution in [-0.2, 0) is 4.79 Å². The van der Waals surface area contributed by atoms with Crippen LogP contribution in [0.4, 0.5) is 0 Å². The smallest absolute Gasteiger partial charge is 0.252 e. The van der Waals surface area contributed by atoms with Gasteiger partial charge in [0.1, 0.15) is 6.04 Å². The number of aryl methyl sites for hydroxylation is 1. The zero-order valence-electron chi connectivity index (χ0n) is 13.9. The van der Waals surface area contributed by atoms with E-state index < -0.39 is 0 Å². The number of nitriles is 1. The first-order chi connectivity index (χ1) is 12.1. The van der Waals surface area contributed by atoms with E-state index in [0.29, 0.717) is 11.5 Å². The highest BCUT2D eigenvalue weighted by atomic mass is 16.2. The number of nitrogens with one attached hydrogen (secondary N) is 1. The molecule has 1 N–H and O–H groups in total. The maximum atomic E-state index is 12.6. The predicted molar refractivity (Wildman–Crippen MR) is 91.6 cm³/mol. The normalized spacial score (nSPS) is 23.8. The van der Waals surface area contributed by atoms with Crippen molar-refractivity contribution in [3.8, 4) is 6.07 Å². The Hall–Kier alpha value is -2.94. The summed E-state index contributed by atoms with van der Waals surface area (Å²) in [6.45, 7) is 1.87. The SMILES string of the molecule is Cc1ccc2nccc(C(=O)NCC(=O)N3[C@H](C#N)C[C@@H]4C[C@@H]43)c2c1. The van der Waals surface area contributed by atoms with E-state index in [4.69, 9.17) is 0 Å². The second kappa shape index (κ2) is 5.85. The van der Waals surface area contributed by atoms with Gasteiger partial charge in [0.15, 0.2) is 0 Å². The molecule has 2 amide bonds. The first kappa shape index (κ1) is 15.6. The molecule has 126 valence electrons. The topological polar surface area (TPSA) is 86.1 Å².